The van der Waals surface area contributed by atoms with E-state index in [0.717, 1.165) is 31.9 Å². The zero-order valence-electron chi connectivity index (χ0n) is 17.5. The molecule has 0 bridgehead atoms. The van der Waals surface area contributed by atoms with Gasteiger partial charge in [-0.1, -0.05) is 49.4 Å². The normalized spacial score (nSPS) is 22.1. The first kappa shape index (κ1) is 18.5. The van der Waals surface area contributed by atoms with Gasteiger partial charge in [-0.15, -0.1) is 0 Å². The van der Waals surface area contributed by atoms with Gasteiger partial charge in [-0.05, 0) is 54.1 Å². The maximum absolute atomic E-state index is 5.51. The molecule has 2 aliphatic rings. The van der Waals surface area contributed by atoms with Gasteiger partial charge in [0.05, 0.1) is 7.11 Å². The standard InChI is InChI=1S/C26H30N2O/c1-3-27-15-16-28(18-26(27)23-14-12-19-7-4-5-9-22(19)23)25-10-6-8-20-11-13-21(29-2)17-24(20)25/h4-11,13,17,23,26H,3,12,14-16,18H2,1-2H3. The third kappa shape index (κ3) is 3.28. The Kier molecular flexibility index (Phi) is 4.92. The molecule has 29 heavy (non-hydrogen) atoms. The van der Waals surface area contributed by atoms with Gasteiger partial charge in [0.25, 0.3) is 0 Å². The first-order chi connectivity index (χ1) is 14.3. The van der Waals surface area contributed by atoms with Crippen molar-refractivity contribution in [3.8, 4) is 5.75 Å². The smallest absolute Gasteiger partial charge is 0.119 e. The molecule has 0 radical (unpaired) electrons. The second kappa shape index (κ2) is 7.72. The number of ether oxygens (including phenoxy) is 1. The number of fused-ring (bicyclic) bond motifs is 2. The van der Waals surface area contributed by atoms with Crippen LogP contribution in [0, 0.1) is 0 Å². The van der Waals surface area contributed by atoms with E-state index in [1.165, 1.54) is 29.3 Å². The molecule has 0 amide bonds. The molecular weight excluding hydrogens is 356 g/mol. The maximum atomic E-state index is 5.51. The summed E-state index contributed by atoms with van der Waals surface area (Å²) in [5.74, 6) is 1.57. The van der Waals surface area contributed by atoms with Crippen LogP contribution in [0.3, 0.4) is 0 Å². The predicted octanol–water partition coefficient (Wildman–Crippen LogP) is 5.09. The Morgan fingerprint density at radius 2 is 1.90 bits per heavy atom. The van der Waals surface area contributed by atoms with Crippen LogP contribution >= 0.6 is 0 Å². The fraction of sp³-hybridized carbons (Fsp3) is 0.385. The van der Waals surface area contributed by atoms with Crippen molar-refractivity contribution in [1.82, 2.24) is 4.90 Å². The highest BCUT2D eigenvalue weighted by molar-refractivity contribution is 5.95. The van der Waals surface area contributed by atoms with Gasteiger partial charge in [0.1, 0.15) is 5.75 Å². The van der Waals surface area contributed by atoms with Crippen LogP contribution in [0.2, 0.25) is 0 Å². The number of rotatable bonds is 4. The van der Waals surface area contributed by atoms with Crippen molar-refractivity contribution in [3.05, 3.63) is 71.8 Å². The van der Waals surface area contributed by atoms with Crippen LogP contribution in [-0.4, -0.2) is 44.2 Å². The van der Waals surface area contributed by atoms with Gasteiger partial charge in [-0.3, -0.25) is 4.90 Å². The molecule has 0 N–H and O–H groups in total. The summed E-state index contributed by atoms with van der Waals surface area (Å²) in [5, 5.41) is 2.58. The Labute approximate surface area is 173 Å². The predicted molar refractivity (Wildman–Crippen MR) is 121 cm³/mol. The van der Waals surface area contributed by atoms with Crippen molar-refractivity contribution < 1.29 is 4.74 Å². The number of hydrogen-bond acceptors (Lipinski definition) is 3. The zero-order chi connectivity index (χ0) is 19.8. The first-order valence-corrected chi connectivity index (χ1v) is 10.9. The van der Waals surface area contributed by atoms with Crippen LogP contribution in [0.4, 0.5) is 5.69 Å². The molecule has 150 valence electrons. The summed E-state index contributed by atoms with van der Waals surface area (Å²) in [6, 6.07) is 22.7. The SMILES string of the molecule is CCN1CCN(c2cccc3ccc(OC)cc23)CC1C1CCc2ccccc21. The molecule has 1 heterocycles. The van der Waals surface area contributed by atoms with E-state index < -0.39 is 0 Å². The average molecular weight is 387 g/mol. The third-order valence-electron chi connectivity index (χ3n) is 6.99. The molecule has 3 aromatic rings. The number of aryl methyl sites for hydroxylation is 1. The van der Waals surface area contributed by atoms with Crippen molar-refractivity contribution in [2.24, 2.45) is 0 Å². The van der Waals surface area contributed by atoms with E-state index in [1.54, 1.807) is 18.2 Å². The van der Waals surface area contributed by atoms with Crippen molar-refractivity contribution >= 4 is 16.5 Å². The number of hydrogen-bond donors (Lipinski definition) is 0. The lowest BCUT2D eigenvalue weighted by Gasteiger charge is -2.45. The second-order valence-electron chi connectivity index (χ2n) is 8.35. The van der Waals surface area contributed by atoms with Crippen LogP contribution in [0.5, 0.6) is 5.75 Å². The molecule has 2 unspecified atom stereocenters. The molecule has 1 saturated heterocycles. The Balaban J connectivity index is 1.50. The molecule has 3 aromatic carbocycles. The molecule has 3 heteroatoms. The van der Waals surface area contributed by atoms with Gasteiger partial charge in [0.15, 0.2) is 0 Å². The fourth-order valence-corrected chi connectivity index (χ4v) is 5.47. The second-order valence-corrected chi connectivity index (χ2v) is 8.35. The summed E-state index contributed by atoms with van der Waals surface area (Å²) < 4.78 is 5.51. The van der Waals surface area contributed by atoms with E-state index in [2.05, 4.69) is 77.4 Å². The summed E-state index contributed by atoms with van der Waals surface area (Å²) in [7, 11) is 1.75. The lowest BCUT2D eigenvalue weighted by Crippen LogP contribution is -2.55. The first-order valence-electron chi connectivity index (χ1n) is 10.9. The van der Waals surface area contributed by atoms with Crippen molar-refractivity contribution in [2.75, 3.05) is 38.2 Å². The Morgan fingerprint density at radius 1 is 1.00 bits per heavy atom. The topological polar surface area (TPSA) is 15.7 Å². The lowest BCUT2D eigenvalue weighted by molar-refractivity contribution is 0.160. The van der Waals surface area contributed by atoms with Gasteiger partial charge in [-0.2, -0.15) is 0 Å². The zero-order valence-corrected chi connectivity index (χ0v) is 17.5. The van der Waals surface area contributed by atoms with Crippen LogP contribution in [0.1, 0.15) is 30.4 Å². The number of nitrogens with zero attached hydrogens (tertiary/aromatic N) is 2. The third-order valence-corrected chi connectivity index (χ3v) is 6.99. The minimum absolute atomic E-state index is 0.568. The average Bonchev–Trinajstić information content (AvgIpc) is 3.22. The van der Waals surface area contributed by atoms with Crippen molar-refractivity contribution in [2.45, 2.75) is 31.7 Å². The van der Waals surface area contributed by atoms with E-state index >= 15 is 0 Å². The number of benzene rings is 3. The highest BCUT2D eigenvalue weighted by atomic mass is 16.5. The lowest BCUT2D eigenvalue weighted by atomic mass is 9.90. The maximum Gasteiger partial charge on any atom is 0.119 e. The van der Waals surface area contributed by atoms with E-state index in [9.17, 15) is 0 Å². The van der Waals surface area contributed by atoms with E-state index in [-0.39, 0.29) is 0 Å². The van der Waals surface area contributed by atoms with Crippen LogP contribution in [-0.2, 0) is 6.42 Å². The quantitative estimate of drug-likeness (QED) is 0.621. The minimum atomic E-state index is 0.568. The van der Waals surface area contributed by atoms with E-state index in [0.29, 0.717) is 12.0 Å². The fourth-order valence-electron chi connectivity index (χ4n) is 5.47. The molecule has 0 aromatic heterocycles. The summed E-state index contributed by atoms with van der Waals surface area (Å²) in [4.78, 5) is 5.31. The summed E-state index contributed by atoms with van der Waals surface area (Å²) >= 11 is 0. The van der Waals surface area contributed by atoms with Crippen LogP contribution < -0.4 is 9.64 Å². The Bertz CT molecular complexity index is 1010. The molecular formula is C26H30N2O. The van der Waals surface area contributed by atoms with Gasteiger partial charge in [-0.25, -0.2) is 0 Å². The molecule has 5 rings (SSSR count). The van der Waals surface area contributed by atoms with E-state index in [1.807, 2.05) is 0 Å². The highest BCUT2D eigenvalue weighted by Gasteiger charge is 2.36. The number of likely N-dealkylation sites (N-methyl/N-ethyl adjacent to an activating group) is 1. The Morgan fingerprint density at radius 3 is 2.76 bits per heavy atom. The molecule has 0 spiro atoms. The number of piperazine rings is 1. The number of methoxy groups -OCH3 is 1. The summed E-state index contributed by atoms with van der Waals surface area (Å²) in [6.07, 6.45) is 2.50. The Hall–Kier alpha value is -2.52. The van der Waals surface area contributed by atoms with Crippen LogP contribution in [0.25, 0.3) is 10.8 Å². The monoisotopic (exact) mass is 386 g/mol. The van der Waals surface area contributed by atoms with E-state index in [4.69, 9.17) is 4.74 Å². The molecule has 1 aliphatic carbocycles. The van der Waals surface area contributed by atoms with Crippen LogP contribution in [0.15, 0.2) is 60.7 Å². The minimum Gasteiger partial charge on any atom is -0.497 e. The summed E-state index contributed by atoms with van der Waals surface area (Å²) in [6.45, 7) is 6.73. The highest BCUT2D eigenvalue weighted by Crippen LogP contribution is 2.40. The molecule has 3 nitrogen and oxygen atoms in total. The van der Waals surface area contributed by atoms with Crippen molar-refractivity contribution in [3.63, 3.8) is 0 Å². The number of anilines is 1. The molecule has 0 saturated carbocycles. The van der Waals surface area contributed by atoms with Gasteiger partial charge < -0.3 is 9.64 Å². The molecule has 1 aliphatic heterocycles. The van der Waals surface area contributed by atoms with Gasteiger partial charge in [0.2, 0.25) is 0 Å². The molecule has 2 atom stereocenters. The van der Waals surface area contributed by atoms with Gasteiger partial charge in [0, 0.05) is 42.7 Å². The largest absolute Gasteiger partial charge is 0.497 e. The van der Waals surface area contributed by atoms with Crippen molar-refractivity contribution in [1.29, 1.82) is 0 Å². The summed E-state index contributed by atoms with van der Waals surface area (Å²) in [5.41, 5.74) is 4.48. The van der Waals surface area contributed by atoms with Gasteiger partial charge >= 0.3 is 0 Å². The molecule has 1 fully saturated rings.